The van der Waals surface area contributed by atoms with Crippen molar-refractivity contribution in [1.82, 2.24) is 9.55 Å². The van der Waals surface area contributed by atoms with Crippen LogP contribution in [0, 0.1) is 25.2 Å². The molecular weight excluding hydrogens is 546 g/mol. The second-order valence-corrected chi connectivity index (χ2v) is 11.4. The number of para-hydroxylation sites is 1. The second kappa shape index (κ2) is 12.0. The van der Waals surface area contributed by atoms with Crippen LogP contribution in [-0.4, -0.2) is 9.55 Å². The summed E-state index contributed by atoms with van der Waals surface area (Å²) in [4.78, 5) is 5.34. The number of nitrogens with zero attached hydrogens (tertiary/aromatic N) is 3. The van der Waals surface area contributed by atoms with E-state index in [4.69, 9.17) is 4.98 Å². The molecule has 0 radical (unpaired) electrons. The van der Waals surface area contributed by atoms with Gasteiger partial charge in [0.1, 0.15) is 5.82 Å². The van der Waals surface area contributed by atoms with Gasteiger partial charge in [-0.3, -0.25) is 4.57 Å². The Morgan fingerprint density at radius 1 is 0.467 bits per heavy atom. The Kier molecular flexibility index (Phi) is 7.39. The number of nitriles is 1. The van der Waals surface area contributed by atoms with Crippen molar-refractivity contribution in [1.29, 1.82) is 5.26 Å². The largest absolute Gasteiger partial charge is 0.292 e. The van der Waals surface area contributed by atoms with Gasteiger partial charge < -0.3 is 0 Å². The highest BCUT2D eigenvalue weighted by Gasteiger charge is 2.22. The van der Waals surface area contributed by atoms with Crippen LogP contribution >= 0.6 is 0 Å². The third kappa shape index (κ3) is 5.58. The first-order chi connectivity index (χ1) is 22.1. The van der Waals surface area contributed by atoms with E-state index in [9.17, 15) is 5.26 Å². The minimum atomic E-state index is 0.621. The van der Waals surface area contributed by atoms with Crippen LogP contribution in [0.3, 0.4) is 0 Å². The lowest BCUT2D eigenvalue weighted by Gasteiger charge is -2.14. The zero-order chi connectivity index (χ0) is 30.8. The number of aromatic nitrogens is 2. The molecular formula is C42H31N3. The molecule has 7 rings (SSSR count). The van der Waals surface area contributed by atoms with E-state index in [0.29, 0.717) is 5.56 Å². The molecule has 0 fully saturated rings. The van der Waals surface area contributed by atoms with Gasteiger partial charge in [0.25, 0.3) is 0 Å². The molecule has 0 spiro atoms. The molecule has 7 aromatic rings. The van der Waals surface area contributed by atoms with Gasteiger partial charge in [-0.05, 0) is 72.5 Å². The molecule has 0 unspecified atom stereocenters. The molecule has 1 heterocycles. The van der Waals surface area contributed by atoms with Gasteiger partial charge in [0.15, 0.2) is 0 Å². The molecule has 0 atom stereocenters. The van der Waals surface area contributed by atoms with Gasteiger partial charge in [0.05, 0.1) is 23.0 Å². The lowest BCUT2D eigenvalue weighted by molar-refractivity contribution is 1.07. The summed E-state index contributed by atoms with van der Waals surface area (Å²) >= 11 is 0. The molecule has 0 saturated heterocycles. The SMILES string of the molecule is Cc1ccc(-c2ccc(-c3nc(-c4ccc(C#N)cc4)n(-c4ccccc4)c3-c3ccc(-c4ccc(C)cc4)cc3)cc2)cc1. The summed E-state index contributed by atoms with van der Waals surface area (Å²) in [6, 6.07) is 55.0. The number of hydrogen-bond donors (Lipinski definition) is 0. The van der Waals surface area contributed by atoms with E-state index >= 15 is 0 Å². The van der Waals surface area contributed by atoms with Crippen molar-refractivity contribution in [2.45, 2.75) is 13.8 Å². The van der Waals surface area contributed by atoms with Gasteiger partial charge >= 0.3 is 0 Å². The van der Waals surface area contributed by atoms with Crippen LogP contribution in [0.1, 0.15) is 16.7 Å². The van der Waals surface area contributed by atoms with Crippen LogP contribution < -0.4 is 0 Å². The van der Waals surface area contributed by atoms with Crippen molar-refractivity contribution < 1.29 is 0 Å². The summed E-state index contributed by atoms with van der Waals surface area (Å²) < 4.78 is 2.24. The Morgan fingerprint density at radius 3 is 1.38 bits per heavy atom. The summed E-state index contributed by atoms with van der Waals surface area (Å²) in [5, 5.41) is 9.44. The van der Waals surface area contributed by atoms with Gasteiger partial charge in [-0.15, -0.1) is 0 Å². The Bertz CT molecular complexity index is 2110. The molecule has 0 amide bonds. The fourth-order valence-corrected chi connectivity index (χ4v) is 5.74. The summed E-state index contributed by atoms with van der Waals surface area (Å²) in [7, 11) is 0. The number of aryl methyl sites for hydroxylation is 2. The molecule has 214 valence electrons. The summed E-state index contributed by atoms with van der Waals surface area (Å²) in [5.74, 6) is 0.820. The fraction of sp³-hybridized carbons (Fsp3) is 0.0476. The normalized spacial score (nSPS) is 10.9. The molecule has 0 N–H and O–H groups in total. The zero-order valence-electron chi connectivity index (χ0n) is 25.3. The van der Waals surface area contributed by atoms with Crippen LogP contribution in [-0.2, 0) is 0 Å². The Hall–Kier alpha value is -5.98. The van der Waals surface area contributed by atoms with E-state index in [1.54, 1.807) is 0 Å². The van der Waals surface area contributed by atoms with E-state index in [2.05, 4.69) is 146 Å². The van der Waals surface area contributed by atoms with Crippen LogP contribution in [0.2, 0.25) is 0 Å². The molecule has 0 aliphatic heterocycles. The molecule has 6 aromatic carbocycles. The van der Waals surface area contributed by atoms with Crippen LogP contribution in [0.25, 0.3) is 61.8 Å². The lowest BCUT2D eigenvalue weighted by atomic mass is 9.98. The third-order valence-electron chi connectivity index (χ3n) is 8.25. The number of imidazole rings is 1. The molecule has 0 saturated carbocycles. The quantitative estimate of drug-likeness (QED) is 0.197. The summed E-state index contributed by atoms with van der Waals surface area (Å²) in [6.45, 7) is 4.22. The average Bonchev–Trinajstić information content (AvgIpc) is 3.50. The van der Waals surface area contributed by atoms with Gasteiger partial charge in [0, 0.05) is 22.4 Å². The molecule has 0 aliphatic rings. The van der Waals surface area contributed by atoms with Crippen molar-refractivity contribution in [2.24, 2.45) is 0 Å². The predicted molar refractivity (Wildman–Crippen MR) is 185 cm³/mol. The standard InChI is InChI=1S/C42H31N3/c1-29-8-14-32(15-9-29)34-20-24-36(25-21-34)40-41(37-26-22-35(23-27-37)33-16-10-30(2)11-17-33)45(39-6-4-3-5-7-39)42(44-40)38-18-12-31(28-43)13-19-38/h3-27H,1-2H3. The van der Waals surface area contributed by atoms with Crippen LogP contribution in [0.5, 0.6) is 0 Å². The molecule has 3 nitrogen and oxygen atoms in total. The fourth-order valence-electron chi connectivity index (χ4n) is 5.74. The van der Waals surface area contributed by atoms with Crippen LogP contribution in [0.15, 0.2) is 152 Å². The van der Waals surface area contributed by atoms with Crippen molar-refractivity contribution in [3.63, 3.8) is 0 Å². The van der Waals surface area contributed by atoms with Gasteiger partial charge in [-0.1, -0.05) is 126 Å². The number of hydrogen-bond acceptors (Lipinski definition) is 2. The molecule has 0 bridgehead atoms. The zero-order valence-corrected chi connectivity index (χ0v) is 25.3. The van der Waals surface area contributed by atoms with E-state index in [-0.39, 0.29) is 0 Å². The van der Waals surface area contributed by atoms with E-state index in [1.165, 1.54) is 27.8 Å². The highest BCUT2D eigenvalue weighted by atomic mass is 15.1. The molecule has 1 aromatic heterocycles. The van der Waals surface area contributed by atoms with E-state index < -0.39 is 0 Å². The minimum absolute atomic E-state index is 0.621. The molecule has 3 heteroatoms. The van der Waals surface area contributed by atoms with Gasteiger partial charge in [0.2, 0.25) is 0 Å². The minimum Gasteiger partial charge on any atom is -0.292 e. The summed E-state index contributed by atoms with van der Waals surface area (Å²) in [5.41, 5.74) is 13.8. The topological polar surface area (TPSA) is 41.6 Å². The Morgan fingerprint density at radius 2 is 0.889 bits per heavy atom. The second-order valence-electron chi connectivity index (χ2n) is 11.4. The van der Waals surface area contributed by atoms with E-state index in [1.807, 2.05) is 30.3 Å². The summed E-state index contributed by atoms with van der Waals surface area (Å²) in [6.07, 6.45) is 0. The Balaban J connectivity index is 1.43. The smallest absolute Gasteiger partial charge is 0.145 e. The number of rotatable bonds is 6. The lowest BCUT2D eigenvalue weighted by Crippen LogP contribution is -2.00. The van der Waals surface area contributed by atoms with Crippen molar-refractivity contribution in [3.8, 4) is 67.9 Å². The average molecular weight is 578 g/mol. The predicted octanol–water partition coefficient (Wildman–Crippen LogP) is 10.7. The molecule has 45 heavy (non-hydrogen) atoms. The maximum atomic E-state index is 9.44. The Labute approximate surface area is 264 Å². The van der Waals surface area contributed by atoms with Gasteiger partial charge in [-0.25, -0.2) is 4.98 Å². The first-order valence-electron chi connectivity index (χ1n) is 15.1. The maximum Gasteiger partial charge on any atom is 0.145 e. The molecule has 0 aliphatic carbocycles. The first-order valence-corrected chi connectivity index (χ1v) is 15.1. The first kappa shape index (κ1) is 27.8. The van der Waals surface area contributed by atoms with Crippen LogP contribution in [0.4, 0.5) is 0 Å². The van der Waals surface area contributed by atoms with Crippen molar-refractivity contribution >= 4 is 0 Å². The highest BCUT2D eigenvalue weighted by Crippen LogP contribution is 2.40. The maximum absolute atomic E-state index is 9.44. The van der Waals surface area contributed by atoms with Crippen molar-refractivity contribution in [2.75, 3.05) is 0 Å². The third-order valence-corrected chi connectivity index (χ3v) is 8.25. The van der Waals surface area contributed by atoms with Crippen molar-refractivity contribution in [3.05, 3.63) is 168 Å². The highest BCUT2D eigenvalue weighted by molar-refractivity contribution is 5.85. The van der Waals surface area contributed by atoms with Gasteiger partial charge in [-0.2, -0.15) is 5.26 Å². The van der Waals surface area contributed by atoms with E-state index in [0.717, 1.165) is 45.2 Å². The monoisotopic (exact) mass is 577 g/mol. The number of benzene rings is 6.